The summed E-state index contributed by atoms with van der Waals surface area (Å²) in [6, 6.07) is 10.1. The first-order valence-electron chi connectivity index (χ1n) is 8.81. The Morgan fingerprint density at radius 2 is 2.04 bits per heavy atom. The molecule has 3 heterocycles. The van der Waals surface area contributed by atoms with E-state index in [4.69, 9.17) is 5.84 Å². The van der Waals surface area contributed by atoms with Crippen molar-refractivity contribution < 1.29 is 4.79 Å². The molecule has 1 atom stereocenters. The number of benzene rings is 1. The third kappa shape index (κ3) is 3.59. The number of aryl methyl sites for hydroxylation is 1. The number of thioether (sulfide) groups is 1. The van der Waals surface area contributed by atoms with Gasteiger partial charge in [-0.1, -0.05) is 41.6 Å². The number of fused-ring (bicyclic) bond motifs is 1. The van der Waals surface area contributed by atoms with Crippen molar-refractivity contribution in [3.63, 3.8) is 0 Å². The molecule has 0 fully saturated rings. The molecule has 0 saturated heterocycles. The SMILES string of the molecule is Cc1ccc(-c2nnc(SC(C)C(=O)N3CCc4sccc4C3)n2N)cc1. The highest BCUT2D eigenvalue weighted by atomic mass is 32.2. The van der Waals surface area contributed by atoms with Gasteiger partial charge in [0.05, 0.1) is 5.25 Å². The van der Waals surface area contributed by atoms with Crippen LogP contribution in [0.25, 0.3) is 11.4 Å². The Hall–Kier alpha value is -2.32. The lowest BCUT2D eigenvalue weighted by Gasteiger charge is -2.29. The summed E-state index contributed by atoms with van der Waals surface area (Å²) < 4.78 is 1.46. The van der Waals surface area contributed by atoms with Gasteiger partial charge in [-0.05, 0) is 37.3 Å². The van der Waals surface area contributed by atoms with Gasteiger partial charge in [-0.2, -0.15) is 0 Å². The van der Waals surface area contributed by atoms with Crippen LogP contribution in [-0.4, -0.2) is 37.5 Å². The number of hydrogen-bond donors (Lipinski definition) is 1. The number of nitrogens with two attached hydrogens (primary N) is 1. The molecule has 0 radical (unpaired) electrons. The van der Waals surface area contributed by atoms with E-state index in [0.29, 0.717) is 17.5 Å². The Labute approximate surface area is 166 Å². The van der Waals surface area contributed by atoms with Crippen LogP contribution in [0.5, 0.6) is 0 Å². The molecule has 3 aromatic rings. The first-order chi connectivity index (χ1) is 13.0. The number of nitrogen functional groups attached to an aromatic ring is 1. The third-order valence-corrected chi connectivity index (χ3v) is 6.79. The van der Waals surface area contributed by atoms with Gasteiger partial charge in [0.2, 0.25) is 11.1 Å². The molecule has 1 aliphatic rings. The van der Waals surface area contributed by atoms with Gasteiger partial charge in [-0.25, -0.2) is 4.68 Å². The van der Waals surface area contributed by atoms with Gasteiger partial charge in [-0.3, -0.25) is 4.79 Å². The van der Waals surface area contributed by atoms with Crippen LogP contribution in [0.2, 0.25) is 0 Å². The standard InChI is InChI=1S/C19H21N5OS2/c1-12-3-5-14(6-4-12)17-21-22-19(24(17)20)27-13(2)18(25)23-9-7-16-15(11-23)8-10-26-16/h3-6,8,10,13H,7,9,11,20H2,1-2H3. The number of carbonyl (C=O) groups is 1. The fraction of sp³-hybridized carbons (Fsp3) is 0.316. The van der Waals surface area contributed by atoms with Crippen LogP contribution in [-0.2, 0) is 17.8 Å². The summed E-state index contributed by atoms with van der Waals surface area (Å²) in [6.45, 7) is 5.38. The van der Waals surface area contributed by atoms with Crippen molar-refractivity contribution in [3.05, 3.63) is 51.7 Å². The maximum absolute atomic E-state index is 12.9. The molecule has 0 bridgehead atoms. The first kappa shape index (κ1) is 18.1. The molecule has 2 N–H and O–H groups in total. The fourth-order valence-electron chi connectivity index (χ4n) is 3.16. The topological polar surface area (TPSA) is 77.0 Å². The van der Waals surface area contributed by atoms with E-state index in [1.807, 2.05) is 43.0 Å². The molecule has 27 heavy (non-hydrogen) atoms. The molecule has 8 heteroatoms. The minimum Gasteiger partial charge on any atom is -0.337 e. The molecule has 1 aliphatic heterocycles. The highest BCUT2D eigenvalue weighted by molar-refractivity contribution is 8.00. The lowest BCUT2D eigenvalue weighted by atomic mass is 10.1. The second-order valence-electron chi connectivity index (χ2n) is 6.68. The van der Waals surface area contributed by atoms with Gasteiger partial charge in [0, 0.05) is 23.5 Å². The van der Waals surface area contributed by atoms with Crippen molar-refractivity contribution in [1.29, 1.82) is 0 Å². The zero-order valence-electron chi connectivity index (χ0n) is 15.3. The maximum Gasteiger partial charge on any atom is 0.236 e. The van der Waals surface area contributed by atoms with E-state index in [-0.39, 0.29) is 11.2 Å². The van der Waals surface area contributed by atoms with Crippen molar-refractivity contribution in [2.24, 2.45) is 0 Å². The molecular weight excluding hydrogens is 378 g/mol. The highest BCUT2D eigenvalue weighted by Crippen LogP contribution is 2.29. The zero-order valence-corrected chi connectivity index (χ0v) is 16.9. The molecule has 140 valence electrons. The lowest BCUT2D eigenvalue weighted by Crippen LogP contribution is -2.39. The van der Waals surface area contributed by atoms with Crippen LogP contribution in [0.1, 0.15) is 22.9 Å². The summed E-state index contributed by atoms with van der Waals surface area (Å²) in [6.07, 6.45) is 0.931. The minimum absolute atomic E-state index is 0.108. The number of hydrogen-bond acceptors (Lipinski definition) is 6. The summed E-state index contributed by atoms with van der Waals surface area (Å²) in [5.41, 5.74) is 3.34. The van der Waals surface area contributed by atoms with Gasteiger partial charge in [0.1, 0.15) is 0 Å². The summed E-state index contributed by atoms with van der Waals surface area (Å²) >= 11 is 3.12. The van der Waals surface area contributed by atoms with Crippen molar-refractivity contribution in [2.75, 3.05) is 12.4 Å². The predicted octanol–water partition coefficient (Wildman–Crippen LogP) is 3.09. The monoisotopic (exact) mass is 399 g/mol. The minimum atomic E-state index is -0.275. The van der Waals surface area contributed by atoms with Crippen LogP contribution in [0.3, 0.4) is 0 Å². The normalized spacial score (nSPS) is 14.8. The van der Waals surface area contributed by atoms with Crippen molar-refractivity contribution in [2.45, 2.75) is 37.2 Å². The van der Waals surface area contributed by atoms with Gasteiger partial charge >= 0.3 is 0 Å². The van der Waals surface area contributed by atoms with Crippen molar-refractivity contribution >= 4 is 29.0 Å². The average Bonchev–Trinajstić information content (AvgIpc) is 3.28. The molecule has 1 unspecified atom stereocenters. The quantitative estimate of drug-likeness (QED) is 0.539. The van der Waals surface area contributed by atoms with E-state index in [2.05, 4.69) is 21.6 Å². The highest BCUT2D eigenvalue weighted by Gasteiger charge is 2.27. The van der Waals surface area contributed by atoms with Crippen LogP contribution >= 0.6 is 23.1 Å². The zero-order chi connectivity index (χ0) is 19.0. The number of amides is 1. The Morgan fingerprint density at radius 3 is 2.81 bits per heavy atom. The van der Waals surface area contributed by atoms with Crippen LogP contribution in [0.15, 0.2) is 40.9 Å². The molecule has 0 aliphatic carbocycles. The number of carbonyl (C=O) groups excluding carboxylic acids is 1. The molecular formula is C19H21N5OS2. The Bertz CT molecular complexity index is 963. The molecule has 1 aromatic carbocycles. The Morgan fingerprint density at radius 1 is 1.26 bits per heavy atom. The van der Waals surface area contributed by atoms with E-state index in [0.717, 1.165) is 18.5 Å². The Balaban J connectivity index is 1.46. The molecule has 1 amide bonds. The second-order valence-corrected chi connectivity index (χ2v) is 8.99. The number of nitrogens with zero attached hydrogens (tertiary/aromatic N) is 4. The van der Waals surface area contributed by atoms with E-state index >= 15 is 0 Å². The summed E-state index contributed by atoms with van der Waals surface area (Å²) in [4.78, 5) is 16.2. The van der Waals surface area contributed by atoms with E-state index < -0.39 is 0 Å². The molecule has 6 nitrogen and oxygen atoms in total. The molecule has 0 spiro atoms. The first-order valence-corrected chi connectivity index (χ1v) is 10.6. The van der Waals surface area contributed by atoms with E-state index in [1.54, 1.807) is 11.3 Å². The van der Waals surface area contributed by atoms with Crippen molar-refractivity contribution in [3.8, 4) is 11.4 Å². The van der Waals surface area contributed by atoms with Crippen LogP contribution in [0.4, 0.5) is 0 Å². The fourth-order valence-corrected chi connectivity index (χ4v) is 4.90. The van der Waals surface area contributed by atoms with E-state index in [1.165, 1.54) is 32.4 Å². The summed E-state index contributed by atoms with van der Waals surface area (Å²) in [5, 5.41) is 10.8. The van der Waals surface area contributed by atoms with Gasteiger partial charge in [0.15, 0.2) is 5.82 Å². The lowest BCUT2D eigenvalue weighted by molar-refractivity contribution is -0.131. The van der Waals surface area contributed by atoms with Gasteiger partial charge < -0.3 is 10.7 Å². The summed E-state index contributed by atoms with van der Waals surface area (Å²) in [5.74, 6) is 6.90. The predicted molar refractivity (Wildman–Crippen MR) is 109 cm³/mol. The number of aromatic nitrogens is 3. The molecule has 4 rings (SSSR count). The maximum atomic E-state index is 12.9. The van der Waals surface area contributed by atoms with Crippen LogP contribution < -0.4 is 5.84 Å². The second kappa shape index (κ2) is 7.36. The van der Waals surface area contributed by atoms with Crippen molar-refractivity contribution in [1.82, 2.24) is 19.8 Å². The largest absolute Gasteiger partial charge is 0.337 e. The smallest absolute Gasteiger partial charge is 0.236 e. The molecule has 2 aromatic heterocycles. The third-order valence-electron chi connectivity index (χ3n) is 4.72. The Kier molecular flexibility index (Phi) is 4.92. The van der Waals surface area contributed by atoms with Gasteiger partial charge in [0.25, 0.3) is 0 Å². The molecule has 0 saturated carbocycles. The number of thiophene rings is 1. The number of rotatable bonds is 4. The average molecular weight is 400 g/mol. The van der Waals surface area contributed by atoms with E-state index in [9.17, 15) is 4.79 Å². The van der Waals surface area contributed by atoms with Gasteiger partial charge in [-0.15, -0.1) is 21.5 Å². The van der Waals surface area contributed by atoms with Crippen LogP contribution in [0, 0.1) is 6.92 Å². The summed E-state index contributed by atoms with van der Waals surface area (Å²) in [7, 11) is 0.